The number of amides is 2. The number of halogens is 1. The van der Waals surface area contributed by atoms with Crippen molar-refractivity contribution < 1.29 is 19.5 Å². The van der Waals surface area contributed by atoms with Gasteiger partial charge in [0.1, 0.15) is 11.9 Å². The van der Waals surface area contributed by atoms with E-state index in [1.807, 2.05) is 6.07 Å². The Bertz CT molecular complexity index is 1250. The summed E-state index contributed by atoms with van der Waals surface area (Å²) in [5.41, 5.74) is 1.74. The van der Waals surface area contributed by atoms with Crippen molar-refractivity contribution >= 4 is 39.5 Å². The highest BCUT2D eigenvalue weighted by atomic mass is 79.9. The Labute approximate surface area is 197 Å². The van der Waals surface area contributed by atoms with Crippen LogP contribution < -0.4 is 16.3 Å². The number of carbonyl (C=O) groups excluding carboxylic acids is 2. The zero-order valence-corrected chi connectivity index (χ0v) is 19.4. The Morgan fingerprint density at radius 3 is 2.30 bits per heavy atom. The SMILES string of the molecule is Cc1cccc(C)c1C(=O)Nc1nc(=O)[nH]cc1CC(NC(=O)c1ccc(Br)cc1)C(=O)O. The van der Waals surface area contributed by atoms with Crippen molar-refractivity contribution in [2.24, 2.45) is 0 Å². The largest absolute Gasteiger partial charge is 0.480 e. The molecule has 0 radical (unpaired) electrons. The van der Waals surface area contributed by atoms with Crippen molar-refractivity contribution in [1.29, 1.82) is 0 Å². The number of rotatable bonds is 7. The Balaban J connectivity index is 1.85. The van der Waals surface area contributed by atoms with Gasteiger partial charge in [0.25, 0.3) is 11.8 Å². The van der Waals surface area contributed by atoms with Gasteiger partial charge in [-0.25, -0.2) is 9.59 Å². The number of carbonyl (C=O) groups is 3. The first-order chi connectivity index (χ1) is 15.7. The second-order valence-electron chi connectivity index (χ2n) is 7.38. The van der Waals surface area contributed by atoms with Gasteiger partial charge in [-0.05, 0) is 49.2 Å². The fourth-order valence-corrected chi connectivity index (χ4v) is 3.56. The lowest BCUT2D eigenvalue weighted by Crippen LogP contribution is -2.42. The lowest BCUT2D eigenvalue weighted by atomic mass is 10.0. The first-order valence-electron chi connectivity index (χ1n) is 9.91. The molecule has 0 bridgehead atoms. The van der Waals surface area contributed by atoms with Gasteiger partial charge >= 0.3 is 11.7 Å². The Hall–Kier alpha value is -3.79. The molecule has 4 N–H and O–H groups in total. The number of aromatic nitrogens is 2. The molecule has 2 aromatic carbocycles. The summed E-state index contributed by atoms with van der Waals surface area (Å²) in [5.74, 6) is -2.40. The van der Waals surface area contributed by atoms with Crippen LogP contribution in [0.4, 0.5) is 5.82 Å². The lowest BCUT2D eigenvalue weighted by molar-refractivity contribution is -0.139. The number of aryl methyl sites for hydroxylation is 2. The molecule has 1 heterocycles. The van der Waals surface area contributed by atoms with Crippen LogP contribution in [-0.4, -0.2) is 38.9 Å². The summed E-state index contributed by atoms with van der Waals surface area (Å²) in [6.45, 7) is 3.57. The summed E-state index contributed by atoms with van der Waals surface area (Å²) < 4.78 is 0.775. The first-order valence-corrected chi connectivity index (χ1v) is 10.7. The molecule has 0 fully saturated rings. The molecule has 0 spiro atoms. The molecule has 0 aliphatic rings. The summed E-state index contributed by atoms with van der Waals surface area (Å²) in [6.07, 6.45) is 1.06. The average Bonchev–Trinajstić information content (AvgIpc) is 2.75. The van der Waals surface area contributed by atoms with E-state index in [1.165, 1.54) is 6.20 Å². The van der Waals surface area contributed by atoms with Gasteiger partial charge in [-0.2, -0.15) is 4.98 Å². The molecule has 3 rings (SSSR count). The summed E-state index contributed by atoms with van der Waals surface area (Å²) in [6, 6.07) is 10.5. The third-order valence-corrected chi connectivity index (χ3v) is 5.49. The number of H-pyrrole nitrogens is 1. The van der Waals surface area contributed by atoms with Crippen LogP contribution in [0.5, 0.6) is 0 Å². The number of aliphatic carboxylic acids is 1. The van der Waals surface area contributed by atoms with E-state index in [0.717, 1.165) is 15.6 Å². The zero-order valence-electron chi connectivity index (χ0n) is 17.8. The smallest absolute Gasteiger partial charge is 0.346 e. The van der Waals surface area contributed by atoms with Crippen molar-refractivity contribution in [1.82, 2.24) is 15.3 Å². The van der Waals surface area contributed by atoms with Crippen molar-refractivity contribution in [2.75, 3.05) is 5.32 Å². The molecule has 0 saturated carbocycles. The van der Waals surface area contributed by atoms with Gasteiger partial charge in [0, 0.05) is 33.8 Å². The second kappa shape index (κ2) is 10.2. The van der Waals surface area contributed by atoms with E-state index in [1.54, 1.807) is 50.2 Å². The third-order valence-electron chi connectivity index (χ3n) is 4.96. The maximum Gasteiger partial charge on any atom is 0.346 e. The van der Waals surface area contributed by atoms with Gasteiger partial charge in [-0.3, -0.25) is 9.59 Å². The molecule has 0 saturated heterocycles. The van der Waals surface area contributed by atoms with Crippen LogP contribution in [0, 0.1) is 13.8 Å². The van der Waals surface area contributed by atoms with Crippen molar-refractivity contribution in [3.05, 3.63) is 91.4 Å². The molecular weight excluding hydrogens is 492 g/mol. The molecule has 0 aliphatic carbocycles. The number of hydrogen-bond donors (Lipinski definition) is 4. The standard InChI is InChI=1S/C23H21BrN4O5/c1-12-4-3-5-13(2)18(12)21(30)27-19-15(11-25-23(33)28-19)10-17(22(31)32)26-20(29)14-6-8-16(24)9-7-14/h3-9,11,17H,10H2,1-2H3,(H,26,29)(H,31,32)(H2,25,27,28,30,33). The third kappa shape index (κ3) is 5.92. The normalized spacial score (nSPS) is 11.5. The fourth-order valence-electron chi connectivity index (χ4n) is 3.29. The van der Waals surface area contributed by atoms with Crippen molar-refractivity contribution in [3.63, 3.8) is 0 Å². The van der Waals surface area contributed by atoms with E-state index in [4.69, 9.17) is 0 Å². The molecule has 2 amide bonds. The highest BCUT2D eigenvalue weighted by Gasteiger charge is 2.24. The van der Waals surface area contributed by atoms with Gasteiger partial charge < -0.3 is 20.7 Å². The molecule has 10 heteroatoms. The van der Waals surface area contributed by atoms with Gasteiger partial charge in [-0.15, -0.1) is 0 Å². The van der Waals surface area contributed by atoms with E-state index >= 15 is 0 Å². The molecule has 1 aromatic heterocycles. The van der Waals surface area contributed by atoms with E-state index in [2.05, 4.69) is 36.5 Å². The summed E-state index contributed by atoms with van der Waals surface area (Å²) >= 11 is 3.28. The summed E-state index contributed by atoms with van der Waals surface area (Å²) in [5, 5.41) is 14.7. The second-order valence-corrected chi connectivity index (χ2v) is 8.29. The van der Waals surface area contributed by atoms with Crippen LogP contribution in [0.2, 0.25) is 0 Å². The van der Waals surface area contributed by atoms with Gasteiger partial charge in [0.05, 0.1) is 0 Å². The van der Waals surface area contributed by atoms with Crippen molar-refractivity contribution in [3.8, 4) is 0 Å². The predicted molar refractivity (Wildman–Crippen MR) is 125 cm³/mol. The van der Waals surface area contributed by atoms with Crippen LogP contribution in [0.3, 0.4) is 0 Å². The van der Waals surface area contributed by atoms with Gasteiger partial charge in [0.15, 0.2) is 0 Å². The molecule has 1 atom stereocenters. The molecule has 1 unspecified atom stereocenters. The summed E-state index contributed by atoms with van der Waals surface area (Å²) in [4.78, 5) is 55.2. The number of aromatic amines is 1. The molecule has 3 aromatic rings. The number of benzene rings is 2. The monoisotopic (exact) mass is 512 g/mol. The summed E-state index contributed by atoms with van der Waals surface area (Å²) in [7, 11) is 0. The van der Waals surface area contributed by atoms with Crippen LogP contribution >= 0.6 is 15.9 Å². The van der Waals surface area contributed by atoms with E-state index in [-0.39, 0.29) is 23.4 Å². The number of carboxylic acids is 1. The number of anilines is 1. The molecule has 0 aliphatic heterocycles. The van der Waals surface area contributed by atoms with Gasteiger partial charge in [0.2, 0.25) is 0 Å². The maximum absolute atomic E-state index is 12.9. The molecule has 33 heavy (non-hydrogen) atoms. The number of hydrogen-bond acceptors (Lipinski definition) is 5. The predicted octanol–water partition coefficient (Wildman–Crippen LogP) is 2.83. The van der Waals surface area contributed by atoms with E-state index in [0.29, 0.717) is 5.56 Å². The van der Waals surface area contributed by atoms with Crippen LogP contribution in [0.15, 0.2) is 57.9 Å². The van der Waals surface area contributed by atoms with Crippen molar-refractivity contribution in [2.45, 2.75) is 26.3 Å². The Morgan fingerprint density at radius 2 is 1.70 bits per heavy atom. The molecule has 170 valence electrons. The van der Waals surface area contributed by atoms with E-state index in [9.17, 15) is 24.3 Å². The maximum atomic E-state index is 12.9. The number of carboxylic acid groups (broad SMARTS) is 1. The number of nitrogens with zero attached hydrogens (tertiary/aromatic N) is 1. The Kier molecular flexibility index (Phi) is 7.39. The topological polar surface area (TPSA) is 141 Å². The average molecular weight is 513 g/mol. The quantitative estimate of drug-likeness (QED) is 0.383. The molecule has 9 nitrogen and oxygen atoms in total. The van der Waals surface area contributed by atoms with Crippen LogP contribution in [-0.2, 0) is 11.2 Å². The van der Waals surface area contributed by atoms with Crippen LogP contribution in [0.25, 0.3) is 0 Å². The molecular formula is C23H21BrN4O5. The van der Waals surface area contributed by atoms with Gasteiger partial charge in [-0.1, -0.05) is 34.1 Å². The highest BCUT2D eigenvalue weighted by Crippen LogP contribution is 2.18. The highest BCUT2D eigenvalue weighted by molar-refractivity contribution is 9.10. The van der Waals surface area contributed by atoms with Crippen LogP contribution in [0.1, 0.15) is 37.4 Å². The zero-order chi connectivity index (χ0) is 24.1. The minimum atomic E-state index is -1.33. The van der Waals surface area contributed by atoms with E-state index < -0.39 is 29.5 Å². The number of nitrogens with one attached hydrogen (secondary N) is 3. The lowest BCUT2D eigenvalue weighted by Gasteiger charge is -2.17. The Morgan fingerprint density at radius 1 is 1.06 bits per heavy atom. The minimum Gasteiger partial charge on any atom is -0.480 e. The fraction of sp³-hybridized carbons (Fsp3) is 0.174. The minimum absolute atomic E-state index is 0.0736. The first kappa shape index (κ1) is 23.9.